The lowest BCUT2D eigenvalue weighted by atomic mass is 9.91. The van der Waals surface area contributed by atoms with Crippen molar-refractivity contribution in [1.29, 1.82) is 5.26 Å². The fraction of sp³-hybridized carbons (Fsp3) is 0.348. The molecule has 8 heteroatoms. The first-order valence-electron chi connectivity index (χ1n) is 10.3. The Kier molecular flexibility index (Phi) is 5.04. The van der Waals surface area contributed by atoms with Gasteiger partial charge in [0.05, 0.1) is 11.2 Å². The van der Waals surface area contributed by atoms with Crippen molar-refractivity contribution in [1.82, 2.24) is 9.55 Å². The summed E-state index contributed by atoms with van der Waals surface area (Å²) in [6, 6.07) is 14.0. The van der Waals surface area contributed by atoms with Crippen molar-refractivity contribution in [2.24, 2.45) is 13.0 Å². The number of aryl methyl sites for hydroxylation is 1. The molecule has 2 saturated heterocycles. The van der Waals surface area contributed by atoms with Gasteiger partial charge in [-0.1, -0.05) is 23.2 Å². The Labute approximate surface area is 190 Å². The molecule has 0 N–H and O–H groups in total. The van der Waals surface area contributed by atoms with Gasteiger partial charge in [-0.25, -0.2) is 4.98 Å². The number of fused-ring (bicyclic) bond motifs is 2. The number of piperidine rings is 1. The molecule has 1 aromatic carbocycles. The van der Waals surface area contributed by atoms with Gasteiger partial charge in [0.25, 0.3) is 5.56 Å². The van der Waals surface area contributed by atoms with E-state index < -0.39 is 0 Å². The fourth-order valence-corrected chi connectivity index (χ4v) is 5.39. The van der Waals surface area contributed by atoms with E-state index in [2.05, 4.69) is 33.0 Å². The highest BCUT2D eigenvalue weighted by Gasteiger charge is 2.39. The van der Waals surface area contributed by atoms with E-state index in [1.165, 1.54) is 10.3 Å². The van der Waals surface area contributed by atoms with Crippen LogP contribution in [0.2, 0.25) is 10.2 Å². The molecule has 0 unspecified atom stereocenters. The van der Waals surface area contributed by atoms with Crippen LogP contribution in [0.15, 0.2) is 41.2 Å². The van der Waals surface area contributed by atoms with E-state index in [1.54, 1.807) is 19.2 Å². The second kappa shape index (κ2) is 7.74. The van der Waals surface area contributed by atoms with Gasteiger partial charge in [-0.15, -0.1) is 0 Å². The van der Waals surface area contributed by atoms with Gasteiger partial charge in [0, 0.05) is 43.4 Å². The van der Waals surface area contributed by atoms with Crippen LogP contribution < -0.4 is 15.4 Å². The lowest BCUT2D eigenvalue weighted by Crippen LogP contribution is -2.47. The number of rotatable bonds is 2. The molecule has 4 heterocycles. The van der Waals surface area contributed by atoms with Crippen molar-refractivity contribution in [3.8, 4) is 6.07 Å². The zero-order valence-electron chi connectivity index (χ0n) is 17.1. The molecular formula is C23H21Cl2N5O. The number of anilines is 2. The van der Waals surface area contributed by atoms with Crippen LogP contribution in [-0.2, 0) is 7.05 Å². The summed E-state index contributed by atoms with van der Waals surface area (Å²) in [6.45, 7) is 2.51. The molecule has 5 rings (SSSR count). The van der Waals surface area contributed by atoms with Crippen molar-refractivity contribution in [2.75, 3.05) is 29.4 Å². The van der Waals surface area contributed by atoms with Gasteiger partial charge in [0.15, 0.2) is 0 Å². The molecule has 6 nitrogen and oxygen atoms in total. The van der Waals surface area contributed by atoms with Crippen LogP contribution in [-0.4, -0.2) is 35.2 Å². The first kappa shape index (κ1) is 20.2. The number of benzene rings is 1. The molecular weight excluding hydrogens is 433 g/mol. The summed E-state index contributed by atoms with van der Waals surface area (Å²) in [5.74, 6) is 0.439. The Hall–Kier alpha value is -2.75. The molecule has 0 amide bonds. The van der Waals surface area contributed by atoms with E-state index in [-0.39, 0.29) is 11.1 Å². The van der Waals surface area contributed by atoms with Gasteiger partial charge >= 0.3 is 0 Å². The topological polar surface area (TPSA) is 65.2 Å². The third kappa shape index (κ3) is 3.33. The number of aromatic nitrogens is 2. The quantitative estimate of drug-likeness (QED) is 0.543. The first-order valence-corrected chi connectivity index (χ1v) is 11.1. The third-order valence-electron chi connectivity index (χ3n) is 6.60. The first-order chi connectivity index (χ1) is 15.0. The molecule has 0 bridgehead atoms. The summed E-state index contributed by atoms with van der Waals surface area (Å²) < 4.78 is 1.48. The molecule has 2 aliphatic heterocycles. The Bertz CT molecular complexity index is 1260. The van der Waals surface area contributed by atoms with Crippen molar-refractivity contribution < 1.29 is 0 Å². The number of nitrogens with zero attached hydrogens (tertiary/aromatic N) is 5. The monoisotopic (exact) mass is 453 g/mol. The third-order valence-corrected chi connectivity index (χ3v) is 7.06. The number of hydrogen-bond acceptors (Lipinski definition) is 5. The maximum absolute atomic E-state index is 12.9. The minimum absolute atomic E-state index is 0.135. The van der Waals surface area contributed by atoms with Gasteiger partial charge in [-0.05, 0) is 55.2 Å². The molecule has 0 aliphatic carbocycles. The van der Waals surface area contributed by atoms with Gasteiger partial charge in [0.2, 0.25) is 0 Å². The fourth-order valence-electron chi connectivity index (χ4n) is 5.12. The maximum Gasteiger partial charge on any atom is 0.270 e. The van der Waals surface area contributed by atoms with E-state index in [1.807, 2.05) is 12.1 Å². The molecule has 2 aliphatic rings. The Morgan fingerprint density at radius 3 is 2.61 bits per heavy atom. The highest BCUT2D eigenvalue weighted by molar-refractivity contribution is 6.30. The van der Waals surface area contributed by atoms with Crippen LogP contribution >= 0.6 is 23.2 Å². The Morgan fingerprint density at radius 1 is 1.10 bits per heavy atom. The van der Waals surface area contributed by atoms with E-state index in [0.29, 0.717) is 33.8 Å². The van der Waals surface area contributed by atoms with Crippen LogP contribution in [0.25, 0.3) is 11.0 Å². The summed E-state index contributed by atoms with van der Waals surface area (Å²) in [5.41, 5.74) is 2.93. The predicted octanol–water partition coefficient (Wildman–Crippen LogP) is 4.22. The van der Waals surface area contributed by atoms with Crippen LogP contribution in [0, 0.1) is 17.2 Å². The predicted molar refractivity (Wildman–Crippen MR) is 124 cm³/mol. The molecule has 3 aromatic rings. The van der Waals surface area contributed by atoms with Crippen LogP contribution in [0.3, 0.4) is 0 Å². The van der Waals surface area contributed by atoms with Crippen molar-refractivity contribution in [2.45, 2.75) is 18.9 Å². The van der Waals surface area contributed by atoms with Crippen molar-refractivity contribution in [3.05, 3.63) is 62.5 Å². The van der Waals surface area contributed by atoms with E-state index in [9.17, 15) is 10.1 Å². The van der Waals surface area contributed by atoms with E-state index >= 15 is 0 Å². The summed E-state index contributed by atoms with van der Waals surface area (Å²) in [5, 5.41) is 10.9. The van der Waals surface area contributed by atoms with Gasteiger partial charge < -0.3 is 14.4 Å². The molecule has 2 fully saturated rings. The summed E-state index contributed by atoms with van der Waals surface area (Å²) in [7, 11) is 1.66. The number of halogens is 2. The normalized spacial score (nSPS) is 20.7. The molecule has 158 valence electrons. The highest BCUT2D eigenvalue weighted by Crippen LogP contribution is 2.38. The van der Waals surface area contributed by atoms with Gasteiger partial charge in [0.1, 0.15) is 22.3 Å². The van der Waals surface area contributed by atoms with Crippen LogP contribution in [0.4, 0.5) is 11.4 Å². The molecule has 31 heavy (non-hydrogen) atoms. The number of pyridine rings is 2. The lowest BCUT2D eigenvalue weighted by Gasteiger charge is -2.40. The highest BCUT2D eigenvalue weighted by atomic mass is 35.5. The lowest BCUT2D eigenvalue weighted by molar-refractivity contribution is 0.396. The maximum atomic E-state index is 12.9. The number of hydrogen-bond donors (Lipinski definition) is 0. The SMILES string of the molecule is Cn1c(=O)c(C#N)c(N2CC[C@@H]3[C@@H](CCN3c3ccc(Cl)cc3)C2)c2nc(Cl)ccc21. The Balaban J connectivity index is 1.52. The molecule has 2 atom stereocenters. The van der Waals surface area contributed by atoms with Crippen molar-refractivity contribution >= 4 is 45.6 Å². The smallest absolute Gasteiger partial charge is 0.270 e. The minimum Gasteiger partial charge on any atom is -0.368 e. The second-order valence-corrected chi connectivity index (χ2v) is 9.05. The standard InChI is InChI=1S/C23H21Cl2N5O/c1-28-19-6-7-20(25)27-21(19)22(17(12-26)23(28)31)29-10-9-18-14(13-29)8-11-30(18)16-4-2-15(24)3-5-16/h2-7,14,18H,8-11,13H2,1H3/t14-,18+/m0/s1. The zero-order valence-corrected chi connectivity index (χ0v) is 18.6. The van der Waals surface area contributed by atoms with Gasteiger partial charge in [-0.2, -0.15) is 5.26 Å². The summed E-state index contributed by atoms with van der Waals surface area (Å²) in [4.78, 5) is 22.0. The largest absolute Gasteiger partial charge is 0.368 e. The summed E-state index contributed by atoms with van der Waals surface area (Å²) in [6.07, 6.45) is 2.00. The average molecular weight is 454 g/mol. The minimum atomic E-state index is -0.301. The Morgan fingerprint density at radius 2 is 1.87 bits per heavy atom. The molecule has 0 spiro atoms. The molecule has 0 saturated carbocycles. The molecule has 0 radical (unpaired) electrons. The van der Waals surface area contributed by atoms with Gasteiger partial charge in [-0.3, -0.25) is 4.79 Å². The summed E-state index contributed by atoms with van der Waals surface area (Å²) >= 11 is 12.2. The van der Waals surface area contributed by atoms with E-state index in [0.717, 1.165) is 37.5 Å². The average Bonchev–Trinajstić information content (AvgIpc) is 3.19. The van der Waals surface area contributed by atoms with Crippen molar-refractivity contribution in [3.63, 3.8) is 0 Å². The molecule has 2 aromatic heterocycles. The zero-order chi connectivity index (χ0) is 21.7. The van der Waals surface area contributed by atoms with Crippen LogP contribution in [0.5, 0.6) is 0 Å². The second-order valence-electron chi connectivity index (χ2n) is 8.22. The number of nitriles is 1. The van der Waals surface area contributed by atoms with E-state index in [4.69, 9.17) is 23.2 Å². The van der Waals surface area contributed by atoms with Crippen LogP contribution in [0.1, 0.15) is 18.4 Å².